The SMILES string of the molecule is CCC(C)(C)CNS(=O)(=O)c1ccc(S(=O)(=O)F)cc1. The fourth-order valence-electron chi connectivity index (χ4n) is 1.28. The lowest BCUT2D eigenvalue weighted by atomic mass is 9.91. The molecule has 5 nitrogen and oxygen atoms in total. The van der Waals surface area contributed by atoms with Crippen molar-refractivity contribution in [1.29, 1.82) is 0 Å². The number of halogens is 1. The molecular weight excluding hydrogens is 305 g/mol. The lowest BCUT2D eigenvalue weighted by Crippen LogP contribution is -2.33. The molecule has 0 radical (unpaired) electrons. The standard InChI is InChI=1S/C12H18FNO4S2/c1-4-12(2,3)9-14-20(17,18)11-7-5-10(6-8-11)19(13,15)16/h5-8,14H,4,9H2,1-3H3. The van der Waals surface area contributed by atoms with Crippen LogP contribution in [0, 0.1) is 5.41 Å². The average Bonchev–Trinajstić information content (AvgIpc) is 2.36. The highest BCUT2D eigenvalue weighted by Gasteiger charge is 2.21. The maximum absolute atomic E-state index is 12.7. The Balaban J connectivity index is 2.94. The summed E-state index contributed by atoms with van der Waals surface area (Å²) in [6, 6.07) is 3.98. The van der Waals surface area contributed by atoms with Gasteiger partial charge in [-0.2, -0.15) is 8.42 Å². The summed E-state index contributed by atoms with van der Waals surface area (Å²) >= 11 is 0. The highest BCUT2D eigenvalue weighted by Crippen LogP contribution is 2.20. The van der Waals surface area contributed by atoms with Gasteiger partial charge in [0.2, 0.25) is 10.0 Å². The van der Waals surface area contributed by atoms with E-state index in [4.69, 9.17) is 0 Å². The van der Waals surface area contributed by atoms with E-state index in [1.54, 1.807) is 0 Å². The lowest BCUT2D eigenvalue weighted by molar-refractivity contribution is 0.350. The number of nitrogens with one attached hydrogen (secondary N) is 1. The Bertz CT molecular complexity index is 664. The quantitative estimate of drug-likeness (QED) is 0.813. The Morgan fingerprint density at radius 2 is 1.50 bits per heavy atom. The maximum atomic E-state index is 12.7. The van der Waals surface area contributed by atoms with Crippen molar-refractivity contribution in [2.45, 2.75) is 37.0 Å². The molecule has 114 valence electrons. The fraction of sp³-hybridized carbons (Fsp3) is 0.500. The van der Waals surface area contributed by atoms with Gasteiger partial charge in [0.1, 0.15) is 0 Å². The minimum atomic E-state index is -4.82. The predicted octanol–water partition coefficient (Wildman–Crippen LogP) is 2.06. The zero-order valence-electron chi connectivity index (χ0n) is 11.6. The van der Waals surface area contributed by atoms with Gasteiger partial charge in [0.05, 0.1) is 9.79 Å². The molecule has 0 heterocycles. The first-order valence-corrected chi connectivity index (χ1v) is 8.89. The third kappa shape index (κ3) is 4.53. The van der Waals surface area contributed by atoms with E-state index in [0.717, 1.165) is 30.7 Å². The molecule has 20 heavy (non-hydrogen) atoms. The Morgan fingerprint density at radius 3 is 1.90 bits per heavy atom. The zero-order chi connectivity index (χ0) is 15.6. The van der Waals surface area contributed by atoms with Crippen LogP contribution in [0.3, 0.4) is 0 Å². The molecule has 8 heteroatoms. The average molecular weight is 323 g/mol. The first kappa shape index (κ1) is 17.1. The molecule has 0 atom stereocenters. The van der Waals surface area contributed by atoms with E-state index in [1.807, 2.05) is 20.8 Å². The zero-order valence-corrected chi connectivity index (χ0v) is 13.2. The van der Waals surface area contributed by atoms with Crippen LogP contribution < -0.4 is 4.72 Å². The largest absolute Gasteiger partial charge is 0.332 e. The van der Waals surface area contributed by atoms with Gasteiger partial charge in [-0.05, 0) is 36.1 Å². The van der Waals surface area contributed by atoms with Crippen molar-refractivity contribution < 1.29 is 20.7 Å². The van der Waals surface area contributed by atoms with Crippen molar-refractivity contribution in [3.05, 3.63) is 24.3 Å². The van der Waals surface area contributed by atoms with E-state index >= 15 is 0 Å². The Hall–Kier alpha value is -0.990. The molecule has 0 unspecified atom stereocenters. The summed E-state index contributed by atoms with van der Waals surface area (Å²) in [5, 5.41) is 0. The second-order valence-electron chi connectivity index (χ2n) is 5.25. The topological polar surface area (TPSA) is 80.3 Å². The first-order valence-electron chi connectivity index (χ1n) is 6.02. The summed E-state index contributed by atoms with van der Waals surface area (Å²) in [5.74, 6) is 0. The molecule has 0 aliphatic carbocycles. The number of hydrogen-bond acceptors (Lipinski definition) is 4. The van der Waals surface area contributed by atoms with Crippen LogP contribution in [-0.4, -0.2) is 23.4 Å². The molecule has 1 N–H and O–H groups in total. The van der Waals surface area contributed by atoms with Gasteiger partial charge in [-0.25, -0.2) is 13.1 Å². The molecule has 0 aliphatic rings. The molecule has 0 bridgehead atoms. The molecule has 0 saturated carbocycles. The molecular formula is C12H18FNO4S2. The normalized spacial score (nSPS) is 13.4. The molecule has 1 rings (SSSR count). The van der Waals surface area contributed by atoms with Crippen LogP contribution in [0.5, 0.6) is 0 Å². The number of benzene rings is 1. The minimum absolute atomic E-state index is 0.100. The van der Waals surface area contributed by atoms with E-state index in [1.165, 1.54) is 0 Å². The van der Waals surface area contributed by atoms with E-state index < -0.39 is 25.1 Å². The third-order valence-corrected chi connectivity index (χ3v) is 5.37. The number of hydrogen-bond donors (Lipinski definition) is 1. The van der Waals surface area contributed by atoms with Gasteiger partial charge >= 0.3 is 10.2 Å². The van der Waals surface area contributed by atoms with Gasteiger partial charge in [0, 0.05) is 6.54 Å². The Morgan fingerprint density at radius 1 is 1.05 bits per heavy atom. The Kier molecular flexibility index (Phi) is 4.94. The van der Waals surface area contributed by atoms with Crippen molar-refractivity contribution in [2.24, 2.45) is 5.41 Å². The number of rotatable bonds is 6. The predicted molar refractivity (Wildman–Crippen MR) is 74.0 cm³/mol. The van der Waals surface area contributed by atoms with Gasteiger partial charge in [0.25, 0.3) is 0 Å². The van der Waals surface area contributed by atoms with Gasteiger partial charge < -0.3 is 0 Å². The second-order valence-corrected chi connectivity index (χ2v) is 8.37. The molecule has 0 aliphatic heterocycles. The summed E-state index contributed by atoms with van der Waals surface area (Å²) in [5.41, 5.74) is -0.185. The van der Waals surface area contributed by atoms with Crippen molar-refractivity contribution in [2.75, 3.05) is 6.54 Å². The van der Waals surface area contributed by atoms with Crippen molar-refractivity contribution >= 4 is 20.2 Å². The molecule has 0 fully saturated rings. The van der Waals surface area contributed by atoms with Crippen LogP contribution >= 0.6 is 0 Å². The third-order valence-electron chi connectivity index (χ3n) is 3.11. The number of sulfonamides is 1. The highest BCUT2D eigenvalue weighted by molar-refractivity contribution is 7.89. The van der Waals surface area contributed by atoms with E-state index in [2.05, 4.69) is 4.72 Å². The van der Waals surface area contributed by atoms with Gasteiger partial charge in [-0.1, -0.05) is 20.8 Å². The van der Waals surface area contributed by atoms with Gasteiger partial charge in [-0.15, -0.1) is 3.89 Å². The van der Waals surface area contributed by atoms with Crippen LogP contribution in [0.25, 0.3) is 0 Å². The smallest absolute Gasteiger partial charge is 0.211 e. The van der Waals surface area contributed by atoms with Crippen LogP contribution in [0.15, 0.2) is 34.1 Å². The highest BCUT2D eigenvalue weighted by atomic mass is 32.3. The second kappa shape index (κ2) is 5.79. The molecule has 0 amide bonds. The van der Waals surface area contributed by atoms with Crippen molar-refractivity contribution in [3.8, 4) is 0 Å². The van der Waals surface area contributed by atoms with E-state index in [0.29, 0.717) is 0 Å². The van der Waals surface area contributed by atoms with Crippen LogP contribution in [0.1, 0.15) is 27.2 Å². The molecule has 1 aromatic rings. The summed E-state index contributed by atoms with van der Waals surface area (Å²) in [6.45, 7) is 6.06. The van der Waals surface area contributed by atoms with E-state index in [9.17, 15) is 20.7 Å². The fourth-order valence-corrected chi connectivity index (χ4v) is 2.98. The Labute approximate surface area is 119 Å². The van der Waals surface area contributed by atoms with Crippen LogP contribution in [0.2, 0.25) is 0 Å². The molecule has 0 saturated heterocycles. The maximum Gasteiger partial charge on any atom is 0.332 e. The van der Waals surface area contributed by atoms with E-state index in [-0.39, 0.29) is 16.9 Å². The van der Waals surface area contributed by atoms with Gasteiger partial charge in [0.15, 0.2) is 0 Å². The summed E-state index contributed by atoms with van der Waals surface area (Å²) in [4.78, 5) is -0.665. The summed E-state index contributed by atoms with van der Waals surface area (Å²) in [6.07, 6.45) is 0.800. The first-order chi connectivity index (χ1) is 8.98. The van der Waals surface area contributed by atoms with Gasteiger partial charge in [-0.3, -0.25) is 0 Å². The molecule has 0 aromatic heterocycles. The van der Waals surface area contributed by atoms with Crippen molar-refractivity contribution in [3.63, 3.8) is 0 Å². The summed E-state index contributed by atoms with van der Waals surface area (Å²) in [7, 11) is -8.55. The lowest BCUT2D eigenvalue weighted by Gasteiger charge is -2.22. The monoisotopic (exact) mass is 323 g/mol. The minimum Gasteiger partial charge on any atom is -0.211 e. The van der Waals surface area contributed by atoms with Crippen LogP contribution in [-0.2, 0) is 20.2 Å². The van der Waals surface area contributed by atoms with Crippen LogP contribution in [0.4, 0.5) is 3.89 Å². The molecule has 1 aromatic carbocycles. The van der Waals surface area contributed by atoms with Crippen molar-refractivity contribution in [1.82, 2.24) is 4.72 Å². The summed E-state index contributed by atoms with van der Waals surface area (Å²) < 4.78 is 60.5. The molecule has 0 spiro atoms.